The van der Waals surface area contributed by atoms with Gasteiger partial charge in [0, 0.05) is 12.1 Å². The molecule has 0 heterocycles. The Morgan fingerprint density at radius 3 is 2.27 bits per heavy atom. The Morgan fingerprint density at radius 1 is 1.27 bits per heavy atom. The van der Waals surface area contributed by atoms with Crippen LogP contribution in [0.3, 0.4) is 0 Å². The molecular weight excluding hydrogens is 146 g/mol. The molecule has 0 radical (unpaired) electrons. The molecule has 60 valence electrons. The molecule has 0 aliphatic heterocycles. The SMILES string of the molecule is [NH4+].[O-][N+](=NO)c1ccccc1. The minimum absolute atomic E-state index is 0. The Kier molecular flexibility index (Phi) is 3.61. The van der Waals surface area contributed by atoms with Crippen LogP contribution in [0.15, 0.2) is 35.6 Å². The Balaban J connectivity index is 0.000001000. The number of benzene rings is 1. The molecule has 11 heavy (non-hydrogen) atoms. The van der Waals surface area contributed by atoms with Crippen molar-refractivity contribution in [2.45, 2.75) is 0 Å². The Labute approximate surface area is 63.7 Å². The maximum atomic E-state index is 10.5. The highest BCUT2D eigenvalue weighted by atomic mass is 16.6. The molecule has 0 atom stereocenters. The van der Waals surface area contributed by atoms with Crippen LogP contribution in [-0.2, 0) is 0 Å². The molecule has 5 heteroatoms. The van der Waals surface area contributed by atoms with E-state index in [0.29, 0.717) is 5.69 Å². The Morgan fingerprint density at radius 2 is 1.82 bits per heavy atom. The van der Waals surface area contributed by atoms with E-state index >= 15 is 0 Å². The normalized spacial score (nSPS) is 10.4. The van der Waals surface area contributed by atoms with E-state index < -0.39 is 0 Å². The van der Waals surface area contributed by atoms with Crippen LogP contribution in [0.1, 0.15) is 0 Å². The minimum Gasteiger partial charge on any atom is -0.592 e. The topological polar surface area (TPSA) is 95.2 Å². The zero-order valence-corrected chi connectivity index (χ0v) is 6.14. The molecule has 0 spiro atoms. The van der Waals surface area contributed by atoms with E-state index in [1.54, 1.807) is 30.3 Å². The van der Waals surface area contributed by atoms with Gasteiger partial charge in [0.25, 0.3) is 0 Å². The van der Waals surface area contributed by atoms with Gasteiger partial charge in [0.1, 0.15) is 0 Å². The lowest BCUT2D eigenvalue weighted by Crippen LogP contribution is -1.88. The van der Waals surface area contributed by atoms with E-state index in [1.807, 2.05) is 0 Å². The van der Waals surface area contributed by atoms with Crippen molar-refractivity contribution in [2.75, 3.05) is 0 Å². The van der Waals surface area contributed by atoms with Gasteiger partial charge in [-0.15, -0.1) is 0 Å². The van der Waals surface area contributed by atoms with Gasteiger partial charge in [-0.2, -0.15) is 0 Å². The van der Waals surface area contributed by atoms with Crippen molar-refractivity contribution in [1.82, 2.24) is 6.15 Å². The predicted molar refractivity (Wildman–Crippen MR) is 39.9 cm³/mol. The van der Waals surface area contributed by atoms with Crippen LogP contribution in [0.2, 0.25) is 0 Å². The third-order valence-electron chi connectivity index (χ3n) is 1.06. The highest BCUT2D eigenvalue weighted by Gasteiger charge is 1.98. The number of rotatable bonds is 1. The summed E-state index contributed by atoms with van der Waals surface area (Å²) < 4.78 is 0. The molecule has 5 N–H and O–H groups in total. The summed E-state index contributed by atoms with van der Waals surface area (Å²) in [6.45, 7) is 0. The summed E-state index contributed by atoms with van der Waals surface area (Å²) in [5.74, 6) is 0. The molecule has 1 aromatic carbocycles. The third-order valence-corrected chi connectivity index (χ3v) is 1.06. The molecule has 0 amide bonds. The summed E-state index contributed by atoms with van der Waals surface area (Å²) in [4.78, 5) is 0.139. The van der Waals surface area contributed by atoms with Crippen molar-refractivity contribution in [3.8, 4) is 0 Å². The van der Waals surface area contributed by atoms with Crippen molar-refractivity contribution in [3.63, 3.8) is 0 Å². The molecule has 0 aliphatic rings. The summed E-state index contributed by atoms with van der Waals surface area (Å²) in [6, 6.07) is 8.24. The first-order valence-corrected chi connectivity index (χ1v) is 2.72. The van der Waals surface area contributed by atoms with Gasteiger partial charge < -0.3 is 16.6 Å². The molecule has 0 fully saturated rings. The van der Waals surface area contributed by atoms with Crippen molar-refractivity contribution in [3.05, 3.63) is 35.5 Å². The molecule has 5 nitrogen and oxygen atoms in total. The van der Waals surface area contributed by atoms with E-state index in [9.17, 15) is 5.21 Å². The van der Waals surface area contributed by atoms with Gasteiger partial charge in [-0.05, 0) is 4.86 Å². The smallest absolute Gasteiger partial charge is 0.248 e. The zero-order chi connectivity index (χ0) is 7.40. The first kappa shape index (κ1) is 9.38. The zero-order valence-electron chi connectivity index (χ0n) is 6.14. The maximum Gasteiger partial charge on any atom is 0.248 e. The number of quaternary nitrogens is 1. The summed E-state index contributed by atoms with van der Waals surface area (Å²) >= 11 is 0. The monoisotopic (exact) mass is 156 g/mol. The highest BCUT2D eigenvalue weighted by molar-refractivity contribution is 5.27. The fourth-order valence-electron chi connectivity index (χ4n) is 0.607. The molecule has 0 bridgehead atoms. The van der Waals surface area contributed by atoms with Gasteiger partial charge in [-0.1, -0.05) is 18.2 Å². The van der Waals surface area contributed by atoms with Crippen LogP contribution in [0, 0.1) is 5.21 Å². The van der Waals surface area contributed by atoms with Crippen molar-refractivity contribution in [2.24, 2.45) is 5.28 Å². The fraction of sp³-hybridized carbons (Fsp3) is 0. The summed E-state index contributed by atoms with van der Waals surface area (Å²) in [5, 5.41) is 21.0. The summed E-state index contributed by atoms with van der Waals surface area (Å²) in [5.41, 5.74) is 0.310. The van der Waals surface area contributed by atoms with Crippen LogP contribution in [-0.4, -0.2) is 10.1 Å². The minimum atomic E-state index is 0. The van der Waals surface area contributed by atoms with Gasteiger partial charge in [0.2, 0.25) is 11.0 Å². The lowest BCUT2D eigenvalue weighted by Gasteiger charge is -1.93. The molecule has 0 saturated heterocycles. The first-order chi connectivity index (χ1) is 4.84. The molecule has 0 aliphatic carbocycles. The molecule has 1 rings (SSSR count). The van der Waals surface area contributed by atoms with E-state index in [0.717, 1.165) is 0 Å². The molecular formula is C6H10N3O2+. The lowest BCUT2D eigenvalue weighted by atomic mass is 10.3. The summed E-state index contributed by atoms with van der Waals surface area (Å²) in [6.07, 6.45) is 0. The second-order valence-corrected chi connectivity index (χ2v) is 1.70. The standard InChI is InChI=1S/C6H6N2O2.H3N/c9-7-8(10)6-4-2-1-3-5-6;/h1-5,9H;1H3/p+1. The predicted octanol–water partition coefficient (Wildman–Crippen LogP) is 2.05. The second-order valence-electron chi connectivity index (χ2n) is 1.70. The van der Waals surface area contributed by atoms with E-state index in [2.05, 4.69) is 5.28 Å². The van der Waals surface area contributed by atoms with Crippen LogP contribution in [0.5, 0.6) is 0 Å². The average Bonchev–Trinajstić information content (AvgIpc) is 2.05. The summed E-state index contributed by atoms with van der Waals surface area (Å²) in [7, 11) is 0. The molecule has 1 aromatic rings. The van der Waals surface area contributed by atoms with E-state index in [4.69, 9.17) is 5.21 Å². The van der Waals surface area contributed by atoms with Gasteiger partial charge in [-0.3, -0.25) is 0 Å². The van der Waals surface area contributed by atoms with Gasteiger partial charge in [0.15, 0.2) is 0 Å². The average molecular weight is 156 g/mol. The number of nitrogens with zero attached hydrogens (tertiary/aromatic N) is 2. The van der Waals surface area contributed by atoms with Crippen LogP contribution in [0.25, 0.3) is 0 Å². The molecule has 0 saturated carbocycles. The number of para-hydroxylation sites is 1. The molecule has 0 aromatic heterocycles. The van der Waals surface area contributed by atoms with Gasteiger partial charge in [0.05, 0.1) is 0 Å². The third kappa shape index (κ3) is 2.23. The van der Waals surface area contributed by atoms with Crippen LogP contribution >= 0.6 is 0 Å². The maximum absolute atomic E-state index is 10.5. The fourth-order valence-corrected chi connectivity index (χ4v) is 0.607. The van der Waals surface area contributed by atoms with Gasteiger partial charge >= 0.3 is 0 Å². The van der Waals surface area contributed by atoms with Crippen LogP contribution < -0.4 is 6.15 Å². The Bertz CT molecular complexity index is 235. The quantitative estimate of drug-likeness (QED) is 0.369. The van der Waals surface area contributed by atoms with E-state index in [-0.39, 0.29) is 11.0 Å². The lowest BCUT2D eigenvalue weighted by molar-refractivity contribution is -0.473. The van der Waals surface area contributed by atoms with Crippen LogP contribution in [0.4, 0.5) is 5.69 Å². The number of hydrogen-bond acceptors (Lipinski definition) is 2. The van der Waals surface area contributed by atoms with Crippen molar-refractivity contribution in [1.29, 1.82) is 0 Å². The number of hydrogen-bond donors (Lipinski definition) is 2. The van der Waals surface area contributed by atoms with Crippen molar-refractivity contribution < 1.29 is 10.1 Å². The van der Waals surface area contributed by atoms with E-state index in [1.165, 1.54) is 0 Å². The largest absolute Gasteiger partial charge is 0.592 e. The highest BCUT2D eigenvalue weighted by Crippen LogP contribution is 2.08. The first-order valence-electron chi connectivity index (χ1n) is 2.72. The molecule has 0 unspecified atom stereocenters. The van der Waals surface area contributed by atoms with Crippen molar-refractivity contribution >= 4 is 5.69 Å². The second kappa shape index (κ2) is 4.24. The van der Waals surface area contributed by atoms with Gasteiger partial charge in [-0.25, -0.2) is 0 Å². The Hall–Kier alpha value is -1.62.